The lowest BCUT2D eigenvalue weighted by Gasteiger charge is -2.25. The number of rotatable bonds is 15. The number of aliphatic carboxylic acids is 1. The van der Waals surface area contributed by atoms with Gasteiger partial charge in [-0.1, -0.05) is 44.2 Å². The molecular formula is C29H34N4O6S2. The van der Waals surface area contributed by atoms with Crippen molar-refractivity contribution in [2.45, 2.75) is 51.4 Å². The van der Waals surface area contributed by atoms with E-state index in [2.05, 4.69) is 20.0 Å². The standard InChI is InChI=1S/C29H34N4O6S2/c1-17(2)27(28(38)31-22(14-26(36)37)23(34)16-40-15-19-8-6-5-7-9-19)32-25(35)13-21-12-20(10-11-24(21)39-4)29-30-18(3)33-41-29/h5-12,17,22,27H,13-16H2,1-4H3,(H,31,38)(H,32,35)(H,36,37). The number of ether oxygens (including phenoxy) is 1. The number of amides is 2. The smallest absolute Gasteiger partial charge is 0.305 e. The van der Waals surface area contributed by atoms with Crippen molar-refractivity contribution in [2.24, 2.45) is 5.92 Å². The third-order valence-electron chi connectivity index (χ3n) is 6.11. The molecule has 2 unspecified atom stereocenters. The molecule has 2 amide bonds. The lowest BCUT2D eigenvalue weighted by atomic mass is 10.0. The quantitative estimate of drug-likeness (QED) is 0.238. The van der Waals surface area contributed by atoms with Crippen molar-refractivity contribution in [1.29, 1.82) is 0 Å². The molecule has 0 fully saturated rings. The van der Waals surface area contributed by atoms with Crippen LogP contribution >= 0.6 is 23.3 Å². The van der Waals surface area contributed by atoms with Crippen LogP contribution < -0.4 is 15.4 Å². The maximum atomic E-state index is 13.2. The third-order valence-corrected chi connectivity index (χ3v) is 7.99. The van der Waals surface area contributed by atoms with Crippen LogP contribution in [0.2, 0.25) is 0 Å². The lowest BCUT2D eigenvalue weighted by molar-refractivity contribution is -0.140. The summed E-state index contributed by atoms with van der Waals surface area (Å²) in [5, 5.41) is 15.4. The van der Waals surface area contributed by atoms with E-state index in [1.165, 1.54) is 30.4 Å². The number of carboxylic acids is 1. The molecule has 0 spiro atoms. The zero-order valence-corrected chi connectivity index (χ0v) is 25.0. The van der Waals surface area contributed by atoms with Crippen LogP contribution in [0, 0.1) is 12.8 Å². The van der Waals surface area contributed by atoms with Crippen LogP contribution in [0.5, 0.6) is 5.75 Å². The Hall–Kier alpha value is -3.77. The van der Waals surface area contributed by atoms with Crippen molar-refractivity contribution in [3.8, 4) is 16.3 Å². The van der Waals surface area contributed by atoms with Gasteiger partial charge in [0.1, 0.15) is 22.6 Å². The van der Waals surface area contributed by atoms with Crippen molar-refractivity contribution in [1.82, 2.24) is 20.0 Å². The lowest BCUT2D eigenvalue weighted by Crippen LogP contribution is -2.54. The largest absolute Gasteiger partial charge is 0.496 e. The first kappa shape index (κ1) is 31.8. The molecule has 0 aliphatic heterocycles. The van der Waals surface area contributed by atoms with Crippen molar-refractivity contribution in [3.05, 3.63) is 65.5 Å². The number of nitrogens with one attached hydrogen (secondary N) is 2. The van der Waals surface area contributed by atoms with Crippen LogP contribution in [0.25, 0.3) is 10.6 Å². The summed E-state index contributed by atoms with van der Waals surface area (Å²) >= 11 is 2.60. The topological polar surface area (TPSA) is 148 Å². The number of thioether (sulfide) groups is 1. The number of benzene rings is 2. The monoisotopic (exact) mass is 598 g/mol. The van der Waals surface area contributed by atoms with E-state index in [0.717, 1.165) is 11.1 Å². The van der Waals surface area contributed by atoms with Crippen molar-refractivity contribution >= 4 is 46.9 Å². The molecule has 3 rings (SSSR count). The Balaban J connectivity index is 1.66. The van der Waals surface area contributed by atoms with Crippen LogP contribution in [0.3, 0.4) is 0 Å². The highest BCUT2D eigenvalue weighted by atomic mass is 32.2. The molecule has 0 saturated heterocycles. The molecule has 1 aromatic heterocycles. The summed E-state index contributed by atoms with van der Waals surface area (Å²) in [5.41, 5.74) is 2.43. The zero-order chi connectivity index (χ0) is 29.9. The predicted molar refractivity (Wildman–Crippen MR) is 159 cm³/mol. The molecule has 3 N–H and O–H groups in total. The van der Waals surface area contributed by atoms with Crippen LogP contribution in [-0.2, 0) is 31.4 Å². The van der Waals surface area contributed by atoms with Crippen LogP contribution in [-0.4, -0.2) is 63.0 Å². The first-order chi connectivity index (χ1) is 19.6. The van der Waals surface area contributed by atoms with Gasteiger partial charge in [-0.15, -0.1) is 11.8 Å². The maximum absolute atomic E-state index is 13.2. The molecule has 2 atom stereocenters. The second kappa shape index (κ2) is 15.3. The number of hydrogen-bond donors (Lipinski definition) is 3. The molecule has 218 valence electrons. The van der Waals surface area contributed by atoms with Crippen LogP contribution in [0.1, 0.15) is 37.2 Å². The summed E-state index contributed by atoms with van der Waals surface area (Å²) in [4.78, 5) is 55.0. The van der Waals surface area contributed by atoms with E-state index in [0.29, 0.717) is 27.9 Å². The Morgan fingerprint density at radius 2 is 1.80 bits per heavy atom. The number of Topliss-reactive ketones (excluding diaryl/α,β-unsaturated/α-hetero) is 1. The highest BCUT2D eigenvalue weighted by Crippen LogP contribution is 2.28. The van der Waals surface area contributed by atoms with Gasteiger partial charge in [-0.3, -0.25) is 19.2 Å². The normalized spacial score (nSPS) is 12.4. The summed E-state index contributed by atoms with van der Waals surface area (Å²) < 4.78 is 9.63. The number of nitrogens with zero attached hydrogens (tertiary/aromatic N) is 2. The fraction of sp³-hybridized carbons (Fsp3) is 0.379. The van der Waals surface area contributed by atoms with E-state index in [9.17, 15) is 24.3 Å². The molecule has 1 heterocycles. The number of carbonyl (C=O) groups excluding carboxylic acids is 3. The molecule has 0 saturated carbocycles. The summed E-state index contributed by atoms with van der Waals surface area (Å²) in [6, 6.07) is 12.8. The minimum atomic E-state index is -1.21. The van der Waals surface area contributed by atoms with E-state index in [4.69, 9.17) is 4.74 Å². The van der Waals surface area contributed by atoms with E-state index in [-0.39, 0.29) is 18.1 Å². The highest BCUT2D eigenvalue weighted by molar-refractivity contribution is 7.99. The first-order valence-corrected chi connectivity index (χ1v) is 14.9. The van der Waals surface area contributed by atoms with Gasteiger partial charge in [0, 0.05) is 16.9 Å². The number of hydrogen-bond acceptors (Lipinski definition) is 9. The SMILES string of the molecule is COc1ccc(-c2nc(C)ns2)cc1CC(=O)NC(C(=O)NC(CC(=O)O)C(=O)CSCc1ccccc1)C(C)C. The first-order valence-electron chi connectivity index (χ1n) is 13.0. The van der Waals surface area contributed by atoms with Gasteiger partial charge in [-0.2, -0.15) is 4.37 Å². The minimum Gasteiger partial charge on any atom is -0.496 e. The van der Waals surface area contributed by atoms with Gasteiger partial charge in [0.2, 0.25) is 11.8 Å². The maximum Gasteiger partial charge on any atom is 0.305 e. The number of aryl methyl sites for hydroxylation is 1. The fourth-order valence-electron chi connectivity index (χ4n) is 4.02. The van der Waals surface area contributed by atoms with Crippen LogP contribution in [0.4, 0.5) is 0 Å². The van der Waals surface area contributed by atoms with Gasteiger partial charge in [-0.25, -0.2) is 4.98 Å². The van der Waals surface area contributed by atoms with Gasteiger partial charge in [0.05, 0.1) is 31.7 Å². The molecule has 0 aliphatic carbocycles. The van der Waals surface area contributed by atoms with Crippen molar-refractivity contribution in [3.63, 3.8) is 0 Å². The number of methoxy groups -OCH3 is 1. The van der Waals surface area contributed by atoms with Crippen LogP contribution in [0.15, 0.2) is 48.5 Å². The van der Waals surface area contributed by atoms with E-state index in [1.54, 1.807) is 32.9 Å². The Labute approximate surface area is 247 Å². The van der Waals surface area contributed by atoms with Gasteiger partial charge >= 0.3 is 5.97 Å². The molecule has 12 heteroatoms. The second-order valence-electron chi connectivity index (χ2n) is 9.74. The Morgan fingerprint density at radius 1 is 1.07 bits per heavy atom. The average molecular weight is 599 g/mol. The number of ketones is 1. The van der Waals surface area contributed by atoms with E-state index < -0.39 is 42.1 Å². The Bertz CT molecular complexity index is 1360. The summed E-state index contributed by atoms with van der Waals surface area (Å²) in [7, 11) is 1.51. The molecule has 3 aromatic rings. The Morgan fingerprint density at radius 3 is 2.41 bits per heavy atom. The zero-order valence-electron chi connectivity index (χ0n) is 23.4. The molecule has 41 heavy (non-hydrogen) atoms. The van der Waals surface area contributed by atoms with Crippen molar-refractivity contribution < 1.29 is 29.0 Å². The van der Waals surface area contributed by atoms with Gasteiger partial charge in [-0.05, 0) is 48.1 Å². The third kappa shape index (κ3) is 9.68. The van der Waals surface area contributed by atoms with Gasteiger partial charge in [0.15, 0.2) is 5.78 Å². The molecule has 0 bridgehead atoms. The molecular weight excluding hydrogens is 564 g/mol. The fourth-order valence-corrected chi connectivity index (χ4v) is 5.62. The summed E-state index contributed by atoms with van der Waals surface area (Å²) in [6.07, 6.45) is -0.622. The highest BCUT2D eigenvalue weighted by Gasteiger charge is 2.30. The minimum absolute atomic E-state index is 0.0378. The molecule has 10 nitrogen and oxygen atoms in total. The Kier molecular flexibility index (Phi) is 11.8. The molecule has 0 radical (unpaired) electrons. The van der Waals surface area contributed by atoms with Crippen molar-refractivity contribution in [2.75, 3.05) is 12.9 Å². The molecule has 2 aromatic carbocycles. The number of carbonyl (C=O) groups is 4. The van der Waals surface area contributed by atoms with Gasteiger partial charge in [0.25, 0.3) is 0 Å². The number of aromatic nitrogens is 2. The van der Waals surface area contributed by atoms with Gasteiger partial charge < -0.3 is 20.5 Å². The predicted octanol–water partition coefficient (Wildman–Crippen LogP) is 3.67. The summed E-state index contributed by atoms with van der Waals surface area (Å²) in [6.45, 7) is 5.31. The number of carboxylic acid groups (broad SMARTS) is 1. The summed E-state index contributed by atoms with van der Waals surface area (Å²) in [5.74, 6) is -1.21. The second-order valence-corrected chi connectivity index (χ2v) is 11.5. The van der Waals surface area contributed by atoms with E-state index >= 15 is 0 Å². The van der Waals surface area contributed by atoms with E-state index in [1.807, 2.05) is 36.4 Å². The average Bonchev–Trinajstić information content (AvgIpc) is 3.37. The molecule has 0 aliphatic rings.